The molecule has 0 radical (unpaired) electrons. The number of benzene rings is 2. The van der Waals surface area contributed by atoms with Crippen molar-refractivity contribution in [3.63, 3.8) is 0 Å². The number of methoxy groups -OCH3 is 1. The summed E-state index contributed by atoms with van der Waals surface area (Å²) in [6.07, 6.45) is 0.940. The van der Waals surface area contributed by atoms with Crippen LogP contribution in [0.25, 0.3) is 16.9 Å². The number of nitrogens with zero attached hydrogens (tertiary/aromatic N) is 3. The molecule has 1 unspecified atom stereocenters. The summed E-state index contributed by atoms with van der Waals surface area (Å²) >= 11 is 5.99. The second kappa shape index (κ2) is 13.0. The van der Waals surface area contributed by atoms with Crippen molar-refractivity contribution in [2.24, 2.45) is 0 Å². The van der Waals surface area contributed by atoms with E-state index in [1.807, 2.05) is 0 Å². The van der Waals surface area contributed by atoms with Gasteiger partial charge >= 0.3 is 7.60 Å². The molecule has 1 aliphatic rings. The number of hydrogen-bond acceptors (Lipinski definition) is 11. The van der Waals surface area contributed by atoms with Gasteiger partial charge in [-0.05, 0) is 48.5 Å². The molecule has 0 amide bonds. The van der Waals surface area contributed by atoms with Gasteiger partial charge in [0.2, 0.25) is 5.95 Å². The maximum Gasteiger partial charge on any atom is 0.356 e. The third kappa shape index (κ3) is 7.24. The highest BCUT2D eigenvalue weighted by molar-refractivity contribution is 7.53. The van der Waals surface area contributed by atoms with E-state index < -0.39 is 25.3 Å². The predicted octanol–water partition coefficient (Wildman–Crippen LogP) is 4.79. The second-order valence-electron chi connectivity index (χ2n) is 9.06. The number of fused-ring (bicyclic) bond motifs is 1. The molecule has 5 rings (SSSR count). The Kier molecular flexibility index (Phi) is 9.14. The Labute approximate surface area is 249 Å². The lowest BCUT2D eigenvalue weighted by atomic mass is 10.2. The first-order valence-electron chi connectivity index (χ1n) is 12.7. The van der Waals surface area contributed by atoms with E-state index in [1.54, 1.807) is 34.9 Å². The molecule has 0 spiro atoms. The van der Waals surface area contributed by atoms with Gasteiger partial charge in [-0.25, -0.2) is 9.37 Å². The van der Waals surface area contributed by atoms with Crippen LogP contribution in [-0.2, 0) is 41.0 Å². The molecule has 1 aliphatic heterocycles. The molecule has 2 aromatic heterocycles. The van der Waals surface area contributed by atoms with Crippen LogP contribution in [0.1, 0.15) is 11.1 Å². The number of hydrogen-bond donors (Lipinski definition) is 2. The van der Waals surface area contributed by atoms with Gasteiger partial charge in [0.05, 0.1) is 26.7 Å². The summed E-state index contributed by atoms with van der Waals surface area (Å²) in [4.78, 5) is 22.6. The number of H-pyrrole nitrogens is 1. The minimum absolute atomic E-state index is 0.00454. The van der Waals surface area contributed by atoms with E-state index in [4.69, 9.17) is 45.3 Å². The van der Waals surface area contributed by atoms with Crippen molar-refractivity contribution in [3.05, 3.63) is 99.4 Å². The van der Waals surface area contributed by atoms with E-state index in [9.17, 15) is 13.8 Å². The molecule has 226 valence electrons. The van der Waals surface area contributed by atoms with Gasteiger partial charge in [0.1, 0.15) is 13.0 Å². The van der Waals surface area contributed by atoms with E-state index >= 15 is 0 Å². The summed E-state index contributed by atoms with van der Waals surface area (Å²) in [5.74, 6) is -0.106. The van der Waals surface area contributed by atoms with Gasteiger partial charge in [-0.3, -0.25) is 18.9 Å². The summed E-state index contributed by atoms with van der Waals surface area (Å²) in [7, 11) is -2.65. The van der Waals surface area contributed by atoms with Crippen molar-refractivity contribution in [3.8, 4) is 5.75 Å². The van der Waals surface area contributed by atoms with Gasteiger partial charge in [-0.1, -0.05) is 17.7 Å². The molecule has 4 aromatic rings. The van der Waals surface area contributed by atoms with Crippen LogP contribution >= 0.6 is 19.2 Å². The fourth-order valence-corrected chi connectivity index (χ4v) is 5.37. The molecule has 0 fully saturated rings. The number of halogens is 2. The van der Waals surface area contributed by atoms with Gasteiger partial charge in [0, 0.05) is 17.1 Å². The molecule has 0 aliphatic carbocycles. The standard InChI is InChI=1S/C27H26ClFN5O8P/c1-16-41-22(24(42-16)18-4-6-19(28)7-5-18)13-40-43(36,39-12-17-3-8-21(37-2)20(29)11-17)15-38-10-9-34-14-31-23-25(34)32-27(30)33-26(23)35/h3-8,11,14H,1,9-10,12-13,15H2,2H3,(H3,30,32,33,35). The maximum atomic E-state index is 14.2. The number of aromatic amines is 1. The van der Waals surface area contributed by atoms with E-state index in [1.165, 1.54) is 25.6 Å². The SMILES string of the molecule is C=C1OC(COP(=O)(COCCn2cnc3c(=O)[nH]c(N)nc32)OCc2ccc(OC)c(F)c2)=C(c2ccc(Cl)cc2)O1. The van der Waals surface area contributed by atoms with Crippen LogP contribution in [0.5, 0.6) is 5.75 Å². The Hall–Kier alpha value is -4.20. The first-order chi connectivity index (χ1) is 20.6. The van der Waals surface area contributed by atoms with Crippen LogP contribution in [0.2, 0.25) is 5.02 Å². The highest BCUT2D eigenvalue weighted by atomic mass is 35.5. The average Bonchev–Trinajstić information content (AvgIpc) is 3.57. The van der Waals surface area contributed by atoms with Crippen molar-refractivity contribution in [2.45, 2.75) is 13.2 Å². The first-order valence-corrected chi connectivity index (χ1v) is 14.8. The lowest BCUT2D eigenvalue weighted by Crippen LogP contribution is -2.13. The van der Waals surface area contributed by atoms with E-state index in [0.717, 1.165) is 0 Å². The molecule has 0 bridgehead atoms. The van der Waals surface area contributed by atoms with Gasteiger partial charge in [-0.15, -0.1) is 0 Å². The topological polar surface area (TPSA) is 162 Å². The molecule has 0 saturated heterocycles. The van der Waals surface area contributed by atoms with Gasteiger partial charge in [-0.2, -0.15) is 4.98 Å². The summed E-state index contributed by atoms with van der Waals surface area (Å²) in [5.41, 5.74) is 6.56. The zero-order valence-electron chi connectivity index (χ0n) is 22.7. The smallest absolute Gasteiger partial charge is 0.356 e. The van der Waals surface area contributed by atoms with Crippen LogP contribution in [0, 0.1) is 5.82 Å². The van der Waals surface area contributed by atoms with Gasteiger partial charge < -0.3 is 33.8 Å². The molecule has 1 atom stereocenters. The summed E-state index contributed by atoms with van der Waals surface area (Å²) < 4.78 is 62.8. The fourth-order valence-electron chi connectivity index (χ4n) is 4.01. The zero-order chi connectivity index (χ0) is 30.6. The quantitative estimate of drug-likeness (QED) is 0.154. The van der Waals surface area contributed by atoms with Crippen LogP contribution in [0.4, 0.5) is 10.3 Å². The molecule has 2 aromatic carbocycles. The summed E-state index contributed by atoms with van der Waals surface area (Å²) in [6, 6.07) is 11.0. The number of nitrogens with two attached hydrogens (primary N) is 1. The van der Waals surface area contributed by atoms with E-state index in [-0.39, 0.29) is 60.9 Å². The largest absolute Gasteiger partial charge is 0.494 e. The minimum Gasteiger partial charge on any atom is -0.494 e. The predicted molar refractivity (Wildman–Crippen MR) is 154 cm³/mol. The van der Waals surface area contributed by atoms with Gasteiger partial charge in [0.15, 0.2) is 34.2 Å². The number of imidazole rings is 1. The number of ether oxygens (including phenoxy) is 4. The second-order valence-corrected chi connectivity index (χ2v) is 11.5. The number of nitrogen functional groups attached to an aromatic ring is 1. The number of anilines is 1. The normalized spacial score (nSPS) is 14.5. The minimum atomic E-state index is -4.00. The summed E-state index contributed by atoms with van der Waals surface area (Å²) in [5, 5.41) is 0.527. The van der Waals surface area contributed by atoms with Crippen molar-refractivity contribution in [1.82, 2.24) is 19.5 Å². The first kappa shape index (κ1) is 30.3. The number of nitrogens with one attached hydrogen (secondary N) is 1. The Bertz CT molecular complexity index is 1790. The van der Waals surface area contributed by atoms with Crippen molar-refractivity contribution < 1.29 is 37.0 Å². The molecule has 0 saturated carbocycles. The highest BCUT2D eigenvalue weighted by Crippen LogP contribution is 2.50. The molecule has 13 nitrogen and oxygen atoms in total. The zero-order valence-corrected chi connectivity index (χ0v) is 24.4. The Morgan fingerprint density at radius 2 is 1.93 bits per heavy atom. The van der Waals surface area contributed by atoms with Crippen LogP contribution in [-0.4, -0.2) is 46.2 Å². The fraction of sp³-hybridized carbons (Fsp3) is 0.222. The monoisotopic (exact) mass is 633 g/mol. The third-order valence-corrected chi connectivity index (χ3v) is 7.86. The summed E-state index contributed by atoms with van der Waals surface area (Å²) in [6.45, 7) is 3.30. The van der Waals surface area contributed by atoms with Crippen LogP contribution in [0.15, 0.2) is 71.9 Å². The lowest BCUT2D eigenvalue weighted by molar-refractivity contribution is 0.114. The van der Waals surface area contributed by atoms with Gasteiger partial charge in [0.25, 0.3) is 11.5 Å². The maximum absolute atomic E-state index is 14.2. The molecule has 43 heavy (non-hydrogen) atoms. The number of aromatic nitrogens is 4. The van der Waals surface area contributed by atoms with E-state index in [0.29, 0.717) is 21.9 Å². The molecule has 16 heteroatoms. The van der Waals surface area contributed by atoms with Crippen molar-refractivity contribution in [2.75, 3.05) is 32.4 Å². The Morgan fingerprint density at radius 3 is 2.67 bits per heavy atom. The molecule has 3 N–H and O–H groups in total. The Balaban J connectivity index is 1.30. The van der Waals surface area contributed by atoms with Crippen molar-refractivity contribution >= 4 is 42.1 Å². The molecular formula is C27H26ClFN5O8P. The molecule has 3 heterocycles. The lowest BCUT2D eigenvalue weighted by Gasteiger charge is -2.19. The highest BCUT2D eigenvalue weighted by Gasteiger charge is 2.30. The average molecular weight is 634 g/mol. The van der Waals surface area contributed by atoms with Crippen LogP contribution < -0.4 is 16.0 Å². The third-order valence-electron chi connectivity index (χ3n) is 6.07. The van der Waals surface area contributed by atoms with Crippen LogP contribution in [0.3, 0.4) is 0 Å². The van der Waals surface area contributed by atoms with E-state index in [2.05, 4.69) is 21.5 Å². The molecular weight excluding hydrogens is 608 g/mol. The number of rotatable bonds is 13. The van der Waals surface area contributed by atoms with Crippen molar-refractivity contribution in [1.29, 1.82) is 0 Å². The Morgan fingerprint density at radius 1 is 1.16 bits per heavy atom.